The van der Waals surface area contributed by atoms with E-state index in [1.165, 1.54) is 5.01 Å². The van der Waals surface area contributed by atoms with Crippen LogP contribution >= 0.6 is 27.5 Å². The van der Waals surface area contributed by atoms with Gasteiger partial charge in [-0.15, -0.1) is 0 Å². The maximum Gasteiger partial charge on any atom is 0.263 e. The number of imide groups is 1. The van der Waals surface area contributed by atoms with Gasteiger partial charge in [-0.3, -0.25) is 19.4 Å². The van der Waals surface area contributed by atoms with Gasteiger partial charge in [-0.05, 0) is 48.9 Å². The lowest BCUT2D eigenvalue weighted by molar-refractivity contribution is -0.123. The molecule has 2 aromatic rings. The number of amides is 3. The van der Waals surface area contributed by atoms with E-state index in [1.54, 1.807) is 49.4 Å². The van der Waals surface area contributed by atoms with Crippen LogP contribution in [0.3, 0.4) is 0 Å². The van der Waals surface area contributed by atoms with Crippen LogP contribution in [0.4, 0.5) is 11.4 Å². The Bertz CT molecular complexity index is 1040. The monoisotopic (exact) mass is 475 g/mol. The molecule has 1 fully saturated rings. The number of halogens is 2. The quantitative estimate of drug-likeness (QED) is 0.685. The zero-order chi connectivity index (χ0) is 20.7. The maximum atomic E-state index is 12.9. The van der Waals surface area contributed by atoms with Gasteiger partial charge in [0.1, 0.15) is 6.54 Å². The second-order valence-corrected chi connectivity index (χ2v) is 7.96. The fraction of sp³-hybridized carbons (Fsp3) is 0.211. The van der Waals surface area contributed by atoms with Crippen molar-refractivity contribution in [1.82, 2.24) is 5.01 Å². The van der Waals surface area contributed by atoms with Crippen LogP contribution in [0.1, 0.15) is 5.56 Å². The number of nitrogens with one attached hydrogen (secondary N) is 1. The molecule has 2 atom stereocenters. The van der Waals surface area contributed by atoms with Crippen LogP contribution in [0, 0.1) is 6.92 Å². The van der Waals surface area contributed by atoms with Crippen LogP contribution < -0.4 is 10.2 Å². The lowest BCUT2D eigenvalue weighted by Gasteiger charge is -2.20. The highest BCUT2D eigenvalue weighted by atomic mass is 79.9. The van der Waals surface area contributed by atoms with E-state index in [4.69, 9.17) is 11.6 Å². The van der Waals surface area contributed by atoms with Crippen LogP contribution in [0.2, 0.25) is 5.02 Å². The molecule has 2 heterocycles. The van der Waals surface area contributed by atoms with Crippen LogP contribution in [0.15, 0.2) is 57.3 Å². The van der Waals surface area contributed by atoms with Crippen LogP contribution in [0.5, 0.6) is 0 Å². The fourth-order valence-corrected chi connectivity index (χ4v) is 3.72. The molecule has 2 aliphatic heterocycles. The Morgan fingerprint density at radius 2 is 1.90 bits per heavy atom. The average Bonchev–Trinajstić information content (AvgIpc) is 3.20. The van der Waals surface area contributed by atoms with Gasteiger partial charge >= 0.3 is 0 Å². The second-order valence-electron chi connectivity index (χ2n) is 6.64. The average molecular weight is 477 g/mol. The number of hydrogen-bond donors (Lipinski definition) is 1. The molecule has 0 radical (unpaired) electrons. The van der Waals surface area contributed by atoms with E-state index in [2.05, 4.69) is 31.6 Å². The van der Waals surface area contributed by atoms with Crippen molar-refractivity contribution in [2.24, 2.45) is 10.3 Å². The second kappa shape index (κ2) is 7.57. The van der Waals surface area contributed by atoms with E-state index in [-0.39, 0.29) is 6.54 Å². The molecule has 1 saturated heterocycles. The molecule has 3 amide bonds. The zero-order valence-corrected chi connectivity index (χ0v) is 17.5. The molecule has 148 valence electrons. The summed E-state index contributed by atoms with van der Waals surface area (Å²) in [6.07, 6.45) is 0. The molecule has 0 unspecified atom stereocenters. The summed E-state index contributed by atoms with van der Waals surface area (Å²) in [5.74, 6) is -1.31. The van der Waals surface area contributed by atoms with Crippen molar-refractivity contribution < 1.29 is 14.4 Å². The standard InChI is InChI=1S/C19H15BrClN5O3/c1-10-13(21)3-2-4-14(10)22-15(27)9-25-17-16(23-24-25)18(28)26(19(17)29)12-7-5-11(20)6-8-12/h2-8,16-17H,9H2,1H3,(H,22,27)/t16-,17+/m1/s1. The highest BCUT2D eigenvalue weighted by molar-refractivity contribution is 9.10. The molecule has 0 spiro atoms. The number of nitrogens with zero attached hydrogens (tertiary/aromatic N) is 4. The summed E-state index contributed by atoms with van der Waals surface area (Å²) in [6.45, 7) is 1.57. The summed E-state index contributed by atoms with van der Waals surface area (Å²) in [4.78, 5) is 39.2. The predicted octanol–water partition coefficient (Wildman–Crippen LogP) is 3.34. The Hall–Kier alpha value is -2.78. The van der Waals surface area contributed by atoms with E-state index in [9.17, 15) is 14.4 Å². The number of fused-ring (bicyclic) bond motifs is 1. The molecule has 1 N–H and O–H groups in total. The van der Waals surface area contributed by atoms with Crippen LogP contribution in [0.25, 0.3) is 0 Å². The van der Waals surface area contributed by atoms with Gasteiger partial charge in [0.15, 0.2) is 12.1 Å². The van der Waals surface area contributed by atoms with Gasteiger partial charge in [0.2, 0.25) is 5.91 Å². The third kappa shape index (κ3) is 3.51. The summed E-state index contributed by atoms with van der Waals surface area (Å²) in [5.41, 5.74) is 1.75. The van der Waals surface area contributed by atoms with Gasteiger partial charge in [0.25, 0.3) is 11.8 Å². The first kappa shape index (κ1) is 19.5. The van der Waals surface area contributed by atoms with Gasteiger partial charge in [-0.1, -0.05) is 38.8 Å². The predicted molar refractivity (Wildman–Crippen MR) is 111 cm³/mol. The molecular formula is C19H15BrClN5O3. The third-order valence-electron chi connectivity index (χ3n) is 4.79. The smallest absolute Gasteiger partial charge is 0.263 e. The molecule has 8 nitrogen and oxygen atoms in total. The SMILES string of the molecule is Cc1c(Cl)cccc1NC(=O)CN1N=N[C@H]2C(=O)N(c3ccc(Br)cc3)C(=O)[C@H]21. The van der Waals surface area contributed by atoms with Crippen molar-refractivity contribution in [3.8, 4) is 0 Å². The van der Waals surface area contributed by atoms with Crippen molar-refractivity contribution in [1.29, 1.82) is 0 Å². The molecule has 0 aliphatic carbocycles. The number of hydrogen-bond acceptors (Lipinski definition) is 6. The summed E-state index contributed by atoms with van der Waals surface area (Å²) in [6, 6.07) is 10.1. The molecule has 0 bridgehead atoms. The van der Waals surface area contributed by atoms with E-state index in [0.717, 1.165) is 14.9 Å². The molecular weight excluding hydrogens is 462 g/mol. The number of carbonyl (C=O) groups excluding carboxylic acids is 3. The Morgan fingerprint density at radius 3 is 2.62 bits per heavy atom. The van der Waals surface area contributed by atoms with Crippen molar-refractivity contribution in [2.45, 2.75) is 19.0 Å². The Kier molecular flexibility index (Phi) is 5.10. The molecule has 2 aliphatic rings. The molecule has 4 rings (SSSR count). The summed E-state index contributed by atoms with van der Waals surface area (Å²) >= 11 is 9.40. The number of anilines is 2. The van der Waals surface area contributed by atoms with Gasteiger partial charge in [-0.2, -0.15) is 5.11 Å². The first-order chi connectivity index (χ1) is 13.9. The van der Waals surface area contributed by atoms with Gasteiger partial charge < -0.3 is 5.32 Å². The molecule has 29 heavy (non-hydrogen) atoms. The summed E-state index contributed by atoms with van der Waals surface area (Å²) in [7, 11) is 0. The van der Waals surface area contributed by atoms with Gasteiger partial charge in [0.05, 0.1) is 5.69 Å². The van der Waals surface area contributed by atoms with E-state index in [0.29, 0.717) is 16.4 Å². The van der Waals surface area contributed by atoms with Crippen LogP contribution in [-0.2, 0) is 14.4 Å². The highest BCUT2D eigenvalue weighted by Crippen LogP contribution is 2.32. The molecule has 0 aromatic heterocycles. The normalized spacial score (nSPS) is 20.4. The first-order valence-electron chi connectivity index (χ1n) is 8.72. The highest BCUT2D eigenvalue weighted by Gasteiger charge is 2.55. The zero-order valence-electron chi connectivity index (χ0n) is 15.2. The summed E-state index contributed by atoms with van der Waals surface area (Å²) < 4.78 is 0.829. The molecule has 0 saturated carbocycles. The minimum Gasteiger partial charge on any atom is -0.324 e. The molecule has 10 heteroatoms. The lowest BCUT2D eigenvalue weighted by Crippen LogP contribution is -2.43. The van der Waals surface area contributed by atoms with Crippen molar-refractivity contribution >= 4 is 56.6 Å². The van der Waals surface area contributed by atoms with Crippen molar-refractivity contribution in [3.05, 3.63) is 57.5 Å². The fourth-order valence-electron chi connectivity index (χ4n) is 3.28. The minimum absolute atomic E-state index is 0.218. The largest absolute Gasteiger partial charge is 0.324 e. The van der Waals surface area contributed by atoms with Crippen molar-refractivity contribution in [2.75, 3.05) is 16.8 Å². The lowest BCUT2D eigenvalue weighted by atomic mass is 10.1. The van der Waals surface area contributed by atoms with E-state index < -0.39 is 29.8 Å². The van der Waals surface area contributed by atoms with E-state index >= 15 is 0 Å². The first-order valence-corrected chi connectivity index (χ1v) is 9.89. The third-order valence-corrected chi connectivity index (χ3v) is 5.73. The Morgan fingerprint density at radius 1 is 1.17 bits per heavy atom. The maximum absolute atomic E-state index is 12.9. The number of benzene rings is 2. The number of carbonyl (C=O) groups is 3. The number of rotatable bonds is 4. The van der Waals surface area contributed by atoms with Crippen LogP contribution in [-0.4, -0.2) is 41.4 Å². The minimum atomic E-state index is -0.952. The van der Waals surface area contributed by atoms with E-state index in [1.807, 2.05) is 0 Å². The van der Waals surface area contributed by atoms with Gasteiger partial charge in [-0.25, -0.2) is 4.90 Å². The Balaban J connectivity index is 1.49. The molecule has 2 aromatic carbocycles. The van der Waals surface area contributed by atoms with Gasteiger partial charge in [0, 0.05) is 15.2 Å². The topological polar surface area (TPSA) is 94.4 Å². The Labute approximate surface area is 179 Å². The van der Waals surface area contributed by atoms with Crippen molar-refractivity contribution in [3.63, 3.8) is 0 Å². The summed E-state index contributed by atoms with van der Waals surface area (Å²) in [5, 5.41) is 12.3.